The zero-order chi connectivity index (χ0) is 12.3. The van der Waals surface area contributed by atoms with Gasteiger partial charge in [-0.15, -0.1) is 0 Å². The van der Waals surface area contributed by atoms with E-state index in [1.165, 1.54) is 16.7 Å². The van der Waals surface area contributed by atoms with E-state index >= 15 is 0 Å². The number of ether oxygens (including phenoxy) is 1. The maximum Gasteiger partial charge on any atom is 0.122 e. The third-order valence-corrected chi connectivity index (χ3v) is 3.08. The molecule has 2 N–H and O–H groups in total. The molecule has 0 aliphatic rings. The smallest absolute Gasteiger partial charge is 0.122 e. The van der Waals surface area contributed by atoms with Gasteiger partial charge in [0.2, 0.25) is 0 Å². The lowest BCUT2D eigenvalue weighted by Gasteiger charge is -2.18. The molecule has 90 valence electrons. The summed E-state index contributed by atoms with van der Waals surface area (Å²) in [4.78, 5) is 0. The van der Waals surface area contributed by atoms with Gasteiger partial charge < -0.3 is 10.5 Å². The van der Waals surface area contributed by atoms with Gasteiger partial charge in [0.25, 0.3) is 0 Å². The van der Waals surface area contributed by atoms with E-state index < -0.39 is 0 Å². The second-order valence-electron chi connectivity index (χ2n) is 4.92. The van der Waals surface area contributed by atoms with E-state index in [-0.39, 0.29) is 6.04 Å². The highest BCUT2D eigenvalue weighted by Crippen LogP contribution is 2.22. The summed E-state index contributed by atoms with van der Waals surface area (Å²) in [5.74, 6) is 1.41. The van der Waals surface area contributed by atoms with Crippen molar-refractivity contribution < 1.29 is 4.74 Å². The number of rotatable bonds is 4. The molecule has 1 atom stereocenters. The fraction of sp³-hybridized carbons (Fsp3) is 0.571. The molecule has 0 heterocycles. The number of aryl methyl sites for hydroxylation is 3. The standard InChI is InChI=1S/C14H23NO/c1-9(2)13(15)8-16-14-7-11(4)10(3)6-12(14)5/h6-7,9,13H,8,15H2,1-5H3/t13-/m1/s1. The Labute approximate surface area is 98.8 Å². The van der Waals surface area contributed by atoms with E-state index in [2.05, 4.69) is 46.8 Å². The predicted octanol–water partition coefficient (Wildman–Crippen LogP) is 2.97. The van der Waals surface area contributed by atoms with Crippen LogP contribution in [-0.2, 0) is 0 Å². The molecule has 0 aromatic heterocycles. The van der Waals surface area contributed by atoms with Crippen LogP contribution in [0, 0.1) is 26.7 Å². The summed E-state index contributed by atoms with van der Waals surface area (Å²) >= 11 is 0. The minimum absolute atomic E-state index is 0.0982. The number of benzene rings is 1. The average molecular weight is 221 g/mol. The largest absolute Gasteiger partial charge is 0.492 e. The Bertz CT molecular complexity index is 358. The first-order valence-electron chi connectivity index (χ1n) is 5.88. The summed E-state index contributed by atoms with van der Waals surface area (Å²) in [6.07, 6.45) is 0. The second-order valence-corrected chi connectivity index (χ2v) is 4.92. The Morgan fingerprint density at radius 3 is 2.19 bits per heavy atom. The SMILES string of the molecule is Cc1cc(C)c(OC[C@@H](N)C(C)C)cc1C. The minimum atomic E-state index is 0.0982. The van der Waals surface area contributed by atoms with Crippen molar-refractivity contribution in [1.82, 2.24) is 0 Å². The van der Waals surface area contributed by atoms with Crippen LogP contribution in [0.3, 0.4) is 0 Å². The monoisotopic (exact) mass is 221 g/mol. The maximum atomic E-state index is 5.96. The predicted molar refractivity (Wildman–Crippen MR) is 69.0 cm³/mol. The van der Waals surface area contributed by atoms with E-state index in [1.807, 2.05) is 0 Å². The molecular formula is C14H23NO. The fourth-order valence-electron chi connectivity index (χ4n) is 1.47. The fourth-order valence-corrected chi connectivity index (χ4v) is 1.47. The van der Waals surface area contributed by atoms with E-state index in [4.69, 9.17) is 10.5 Å². The first-order valence-corrected chi connectivity index (χ1v) is 5.88. The van der Waals surface area contributed by atoms with Crippen LogP contribution in [-0.4, -0.2) is 12.6 Å². The van der Waals surface area contributed by atoms with Crippen molar-refractivity contribution in [3.05, 3.63) is 28.8 Å². The lowest BCUT2D eigenvalue weighted by molar-refractivity contribution is 0.258. The van der Waals surface area contributed by atoms with Crippen LogP contribution in [0.2, 0.25) is 0 Å². The maximum absolute atomic E-state index is 5.96. The van der Waals surface area contributed by atoms with Crippen molar-refractivity contribution in [3.8, 4) is 5.75 Å². The molecule has 2 heteroatoms. The third kappa shape index (κ3) is 3.24. The van der Waals surface area contributed by atoms with Gasteiger partial charge in [-0.3, -0.25) is 0 Å². The molecule has 16 heavy (non-hydrogen) atoms. The number of hydrogen-bond acceptors (Lipinski definition) is 2. The average Bonchev–Trinajstić information content (AvgIpc) is 2.20. The molecule has 1 rings (SSSR count). The van der Waals surface area contributed by atoms with Crippen LogP contribution in [0.1, 0.15) is 30.5 Å². The summed E-state index contributed by atoms with van der Waals surface area (Å²) in [7, 11) is 0. The molecule has 0 spiro atoms. The van der Waals surface area contributed by atoms with Crippen LogP contribution in [0.5, 0.6) is 5.75 Å². The molecule has 2 nitrogen and oxygen atoms in total. The molecule has 0 unspecified atom stereocenters. The van der Waals surface area contributed by atoms with Gasteiger partial charge in [-0.05, 0) is 49.4 Å². The first-order chi connectivity index (χ1) is 7.41. The molecule has 0 saturated heterocycles. The van der Waals surface area contributed by atoms with Crippen molar-refractivity contribution in [3.63, 3.8) is 0 Å². The van der Waals surface area contributed by atoms with Crippen molar-refractivity contribution >= 4 is 0 Å². The van der Waals surface area contributed by atoms with Gasteiger partial charge in [0.1, 0.15) is 12.4 Å². The molecule has 0 fully saturated rings. The highest BCUT2D eigenvalue weighted by molar-refractivity contribution is 5.40. The Balaban J connectivity index is 2.71. The van der Waals surface area contributed by atoms with Crippen molar-refractivity contribution in [1.29, 1.82) is 0 Å². The topological polar surface area (TPSA) is 35.2 Å². The lowest BCUT2D eigenvalue weighted by atomic mass is 10.1. The van der Waals surface area contributed by atoms with Crippen molar-refractivity contribution in [2.75, 3.05) is 6.61 Å². The summed E-state index contributed by atoms with van der Waals surface area (Å²) in [5, 5.41) is 0. The Kier molecular flexibility index (Phi) is 4.36. The second kappa shape index (κ2) is 5.35. The number of nitrogens with two attached hydrogens (primary N) is 1. The van der Waals surface area contributed by atoms with E-state index in [0.717, 1.165) is 5.75 Å². The number of hydrogen-bond donors (Lipinski definition) is 1. The quantitative estimate of drug-likeness (QED) is 0.848. The van der Waals surface area contributed by atoms with Crippen molar-refractivity contribution in [2.45, 2.75) is 40.7 Å². The van der Waals surface area contributed by atoms with Crippen LogP contribution in [0.15, 0.2) is 12.1 Å². The van der Waals surface area contributed by atoms with Crippen LogP contribution < -0.4 is 10.5 Å². The molecule has 0 aliphatic carbocycles. The van der Waals surface area contributed by atoms with Gasteiger partial charge >= 0.3 is 0 Å². The van der Waals surface area contributed by atoms with E-state index in [9.17, 15) is 0 Å². The molecule has 0 saturated carbocycles. The Morgan fingerprint density at radius 1 is 1.06 bits per heavy atom. The third-order valence-electron chi connectivity index (χ3n) is 3.08. The molecule has 0 amide bonds. The van der Waals surface area contributed by atoms with E-state index in [1.54, 1.807) is 0 Å². The normalized spacial score (nSPS) is 12.9. The van der Waals surface area contributed by atoms with Gasteiger partial charge in [-0.1, -0.05) is 19.9 Å². The van der Waals surface area contributed by atoms with Gasteiger partial charge in [0, 0.05) is 6.04 Å². The Hall–Kier alpha value is -1.02. The highest BCUT2D eigenvalue weighted by Gasteiger charge is 2.09. The summed E-state index contributed by atoms with van der Waals surface area (Å²) < 4.78 is 5.77. The Morgan fingerprint density at radius 2 is 1.62 bits per heavy atom. The first kappa shape index (κ1) is 13.0. The highest BCUT2D eigenvalue weighted by atomic mass is 16.5. The van der Waals surface area contributed by atoms with Crippen LogP contribution in [0.4, 0.5) is 0 Å². The summed E-state index contributed by atoms with van der Waals surface area (Å²) in [6.45, 7) is 11.1. The molecule has 0 aliphatic heterocycles. The lowest BCUT2D eigenvalue weighted by Crippen LogP contribution is -2.33. The zero-order valence-electron chi connectivity index (χ0n) is 11.0. The zero-order valence-corrected chi connectivity index (χ0v) is 11.0. The molecule has 0 bridgehead atoms. The minimum Gasteiger partial charge on any atom is -0.492 e. The molecule has 1 aromatic carbocycles. The van der Waals surface area contributed by atoms with Crippen LogP contribution in [0.25, 0.3) is 0 Å². The van der Waals surface area contributed by atoms with Gasteiger partial charge in [0.05, 0.1) is 0 Å². The van der Waals surface area contributed by atoms with Crippen molar-refractivity contribution in [2.24, 2.45) is 11.7 Å². The van der Waals surface area contributed by atoms with Gasteiger partial charge in [-0.25, -0.2) is 0 Å². The van der Waals surface area contributed by atoms with Crippen LogP contribution >= 0.6 is 0 Å². The summed E-state index contributed by atoms with van der Waals surface area (Å²) in [6, 6.07) is 4.35. The van der Waals surface area contributed by atoms with E-state index in [0.29, 0.717) is 12.5 Å². The molecule has 0 radical (unpaired) electrons. The van der Waals surface area contributed by atoms with Gasteiger partial charge in [-0.2, -0.15) is 0 Å². The molecule has 1 aromatic rings. The van der Waals surface area contributed by atoms with Gasteiger partial charge in [0.15, 0.2) is 0 Å². The molecular weight excluding hydrogens is 198 g/mol. The summed E-state index contributed by atoms with van der Waals surface area (Å²) in [5.41, 5.74) is 9.70.